The van der Waals surface area contributed by atoms with Gasteiger partial charge in [-0.3, -0.25) is 0 Å². The molecule has 0 aromatic heterocycles. The Morgan fingerprint density at radius 1 is 1.50 bits per heavy atom. The molecule has 1 aliphatic carbocycles. The summed E-state index contributed by atoms with van der Waals surface area (Å²) in [5.41, 5.74) is 6.65. The second kappa shape index (κ2) is 3.35. The Hall–Kier alpha value is -0.890. The lowest BCUT2D eigenvalue weighted by Gasteiger charge is -2.09. The molecule has 1 aromatic rings. The van der Waals surface area contributed by atoms with Crippen LogP contribution >= 0.6 is 0 Å². The molecule has 1 nitrogen and oxygen atoms in total. The van der Waals surface area contributed by atoms with Crippen molar-refractivity contribution in [2.75, 3.05) is 0 Å². The lowest BCUT2D eigenvalue weighted by molar-refractivity contribution is 0.317. The maximum absolute atomic E-state index is 13.7. The summed E-state index contributed by atoms with van der Waals surface area (Å²) < 4.78 is 13.7. The molecule has 0 radical (unpaired) electrons. The van der Waals surface area contributed by atoms with Gasteiger partial charge in [0.1, 0.15) is 5.67 Å². The Kier molecular flexibility index (Phi) is 2.31. The van der Waals surface area contributed by atoms with Gasteiger partial charge in [0, 0.05) is 6.04 Å². The predicted octanol–water partition coefficient (Wildman–Crippen LogP) is 2.53. The van der Waals surface area contributed by atoms with E-state index in [0.29, 0.717) is 12.8 Å². The molecule has 0 amide bonds. The highest BCUT2D eigenvalue weighted by molar-refractivity contribution is 5.32. The molecule has 2 rings (SSSR count). The van der Waals surface area contributed by atoms with Crippen molar-refractivity contribution in [2.45, 2.75) is 37.9 Å². The zero-order chi connectivity index (χ0) is 10.2. The van der Waals surface area contributed by atoms with E-state index in [9.17, 15) is 4.39 Å². The Bertz CT molecular complexity index is 329. The van der Waals surface area contributed by atoms with Crippen molar-refractivity contribution < 1.29 is 4.39 Å². The molecule has 1 aromatic carbocycles. The maximum Gasteiger partial charge on any atom is 0.136 e. The topological polar surface area (TPSA) is 26.0 Å². The number of hydrogen-bond acceptors (Lipinski definition) is 1. The van der Waals surface area contributed by atoms with Gasteiger partial charge in [-0.15, -0.1) is 0 Å². The van der Waals surface area contributed by atoms with Crippen LogP contribution in [-0.2, 0) is 12.1 Å². The number of alkyl halides is 1. The third-order valence-corrected chi connectivity index (χ3v) is 2.69. The minimum atomic E-state index is -1.02. The summed E-state index contributed by atoms with van der Waals surface area (Å²) in [5.74, 6) is 0. The number of halogens is 1. The summed E-state index contributed by atoms with van der Waals surface area (Å²) >= 11 is 0. The third kappa shape index (κ3) is 1.95. The molecule has 76 valence electrons. The monoisotopic (exact) mass is 193 g/mol. The fourth-order valence-corrected chi connectivity index (χ4v) is 1.75. The van der Waals surface area contributed by atoms with Gasteiger partial charge in [0.2, 0.25) is 0 Å². The molecule has 0 bridgehead atoms. The average molecular weight is 193 g/mol. The lowest BCUT2D eigenvalue weighted by Crippen LogP contribution is -2.17. The molecule has 0 heterocycles. The summed E-state index contributed by atoms with van der Waals surface area (Å²) in [6, 6.07) is 7.90. The first-order chi connectivity index (χ1) is 6.60. The van der Waals surface area contributed by atoms with Crippen molar-refractivity contribution in [3.8, 4) is 0 Å². The van der Waals surface area contributed by atoms with Gasteiger partial charge in [-0.1, -0.05) is 24.3 Å². The zero-order valence-corrected chi connectivity index (χ0v) is 8.46. The van der Waals surface area contributed by atoms with Crippen molar-refractivity contribution in [3.63, 3.8) is 0 Å². The van der Waals surface area contributed by atoms with Crippen molar-refractivity contribution in [3.05, 3.63) is 35.4 Å². The highest BCUT2D eigenvalue weighted by Gasteiger charge is 2.44. The maximum atomic E-state index is 13.7. The first-order valence-corrected chi connectivity index (χ1v) is 5.14. The van der Waals surface area contributed by atoms with Gasteiger partial charge >= 0.3 is 0 Å². The first kappa shape index (κ1) is 9.66. The van der Waals surface area contributed by atoms with Gasteiger partial charge in [0.15, 0.2) is 0 Å². The molecular formula is C12H16FN. The Morgan fingerprint density at radius 2 is 2.21 bits per heavy atom. The van der Waals surface area contributed by atoms with E-state index in [1.54, 1.807) is 0 Å². The molecule has 1 fully saturated rings. The first-order valence-electron chi connectivity index (χ1n) is 5.14. The van der Waals surface area contributed by atoms with Gasteiger partial charge in [-0.05, 0) is 37.3 Å². The summed E-state index contributed by atoms with van der Waals surface area (Å²) in [4.78, 5) is 0. The number of benzene rings is 1. The smallest absolute Gasteiger partial charge is 0.136 e. The number of nitrogens with two attached hydrogens (primary N) is 1. The molecule has 0 spiro atoms. The Balaban J connectivity index is 2.19. The minimum Gasteiger partial charge on any atom is -0.328 e. The Morgan fingerprint density at radius 3 is 2.79 bits per heavy atom. The van der Waals surface area contributed by atoms with Crippen LogP contribution in [0.2, 0.25) is 0 Å². The molecule has 2 heteroatoms. The zero-order valence-electron chi connectivity index (χ0n) is 8.46. The standard InChI is InChI=1S/C12H16FN/c1-9(14)7-10-3-2-4-11(8-10)12(13)5-6-12/h2-4,8-9H,5-7,14H2,1H3. The summed E-state index contributed by atoms with van der Waals surface area (Å²) in [6.45, 7) is 1.97. The molecule has 0 saturated heterocycles. The van der Waals surface area contributed by atoms with E-state index in [4.69, 9.17) is 5.73 Å². The number of rotatable bonds is 3. The molecule has 14 heavy (non-hydrogen) atoms. The summed E-state index contributed by atoms with van der Waals surface area (Å²) in [7, 11) is 0. The van der Waals surface area contributed by atoms with Crippen LogP contribution < -0.4 is 5.73 Å². The van der Waals surface area contributed by atoms with E-state index >= 15 is 0 Å². The molecule has 1 unspecified atom stereocenters. The summed E-state index contributed by atoms with van der Waals surface area (Å²) in [5, 5.41) is 0. The molecule has 2 N–H and O–H groups in total. The van der Waals surface area contributed by atoms with Crippen molar-refractivity contribution in [2.24, 2.45) is 5.73 Å². The second-order valence-corrected chi connectivity index (χ2v) is 4.35. The molecular weight excluding hydrogens is 177 g/mol. The van der Waals surface area contributed by atoms with Crippen LogP contribution in [0, 0.1) is 0 Å². The quantitative estimate of drug-likeness (QED) is 0.784. The van der Waals surface area contributed by atoms with Gasteiger partial charge in [-0.2, -0.15) is 0 Å². The fourth-order valence-electron chi connectivity index (χ4n) is 1.75. The molecule has 1 saturated carbocycles. The number of hydrogen-bond donors (Lipinski definition) is 1. The van der Waals surface area contributed by atoms with Crippen molar-refractivity contribution in [1.29, 1.82) is 0 Å². The molecule has 1 atom stereocenters. The van der Waals surface area contributed by atoms with Gasteiger partial charge in [0.05, 0.1) is 0 Å². The van der Waals surface area contributed by atoms with E-state index in [0.717, 1.165) is 17.5 Å². The van der Waals surface area contributed by atoms with E-state index < -0.39 is 5.67 Å². The van der Waals surface area contributed by atoms with Crippen molar-refractivity contribution >= 4 is 0 Å². The lowest BCUT2D eigenvalue weighted by atomic mass is 10.0. The third-order valence-electron chi connectivity index (χ3n) is 2.69. The van der Waals surface area contributed by atoms with Crippen molar-refractivity contribution in [1.82, 2.24) is 0 Å². The van der Waals surface area contributed by atoms with E-state index in [1.807, 2.05) is 31.2 Å². The van der Waals surface area contributed by atoms with Crippen LogP contribution in [0.25, 0.3) is 0 Å². The van der Waals surface area contributed by atoms with Crippen LogP contribution in [0.4, 0.5) is 4.39 Å². The van der Waals surface area contributed by atoms with Gasteiger partial charge < -0.3 is 5.73 Å². The molecule has 0 aliphatic heterocycles. The second-order valence-electron chi connectivity index (χ2n) is 4.35. The van der Waals surface area contributed by atoms with Crippen LogP contribution in [0.3, 0.4) is 0 Å². The van der Waals surface area contributed by atoms with Crippen LogP contribution in [0.5, 0.6) is 0 Å². The van der Waals surface area contributed by atoms with E-state index in [1.165, 1.54) is 0 Å². The normalized spacial score (nSPS) is 20.5. The van der Waals surface area contributed by atoms with Crippen LogP contribution in [-0.4, -0.2) is 6.04 Å². The Labute approximate surface area is 84.1 Å². The van der Waals surface area contributed by atoms with E-state index in [2.05, 4.69) is 0 Å². The van der Waals surface area contributed by atoms with E-state index in [-0.39, 0.29) is 6.04 Å². The highest BCUT2D eigenvalue weighted by Crippen LogP contribution is 2.49. The minimum absolute atomic E-state index is 0.139. The largest absolute Gasteiger partial charge is 0.328 e. The molecule has 1 aliphatic rings. The van der Waals surface area contributed by atoms with Gasteiger partial charge in [0.25, 0.3) is 0 Å². The highest BCUT2D eigenvalue weighted by atomic mass is 19.1. The van der Waals surface area contributed by atoms with Crippen LogP contribution in [0.1, 0.15) is 30.9 Å². The van der Waals surface area contributed by atoms with Crippen LogP contribution in [0.15, 0.2) is 24.3 Å². The average Bonchev–Trinajstić information content (AvgIpc) is 2.84. The summed E-state index contributed by atoms with van der Waals surface area (Å²) in [6.07, 6.45) is 2.17. The fraction of sp³-hybridized carbons (Fsp3) is 0.500. The predicted molar refractivity (Wildman–Crippen MR) is 55.8 cm³/mol. The van der Waals surface area contributed by atoms with Gasteiger partial charge in [-0.25, -0.2) is 4.39 Å². The SMILES string of the molecule is CC(N)Cc1cccc(C2(F)CC2)c1.